The Morgan fingerprint density at radius 1 is 1.60 bits per heavy atom. The molecule has 0 saturated heterocycles. The van der Waals surface area contributed by atoms with Crippen molar-refractivity contribution in [3.8, 4) is 0 Å². The van der Waals surface area contributed by atoms with Gasteiger partial charge in [-0.25, -0.2) is 0 Å². The summed E-state index contributed by atoms with van der Waals surface area (Å²) >= 11 is 0. The van der Waals surface area contributed by atoms with E-state index in [1.807, 2.05) is 0 Å². The van der Waals surface area contributed by atoms with Crippen molar-refractivity contribution in [2.75, 3.05) is 0 Å². The van der Waals surface area contributed by atoms with Crippen molar-refractivity contribution >= 4 is 0 Å². The van der Waals surface area contributed by atoms with Crippen LogP contribution in [0.15, 0.2) is 23.6 Å². The first-order chi connectivity index (χ1) is 4.81. The molecule has 0 aromatic rings. The van der Waals surface area contributed by atoms with Crippen LogP contribution in [0.5, 0.6) is 0 Å². The van der Waals surface area contributed by atoms with E-state index in [-0.39, 0.29) is 0 Å². The minimum Gasteiger partial charge on any atom is -0.0782 e. The van der Waals surface area contributed by atoms with E-state index < -0.39 is 0 Å². The molecule has 0 nitrogen and oxygen atoms in total. The Bertz CT molecular complexity index is 200. The summed E-state index contributed by atoms with van der Waals surface area (Å²) in [6.07, 6.45) is 2.59. The Labute approximate surface area is 62.9 Å². The van der Waals surface area contributed by atoms with Crippen molar-refractivity contribution in [3.05, 3.63) is 23.6 Å². The van der Waals surface area contributed by atoms with Crippen molar-refractivity contribution < 1.29 is 0 Å². The van der Waals surface area contributed by atoms with Gasteiger partial charge in [-0.2, -0.15) is 0 Å². The van der Waals surface area contributed by atoms with Gasteiger partial charge in [-0.05, 0) is 30.4 Å². The Hall–Kier alpha value is -0.700. The molecule has 0 bridgehead atoms. The van der Waals surface area contributed by atoms with Crippen molar-refractivity contribution in [1.29, 1.82) is 0 Å². The molecule has 1 aliphatic rings. The molecule has 1 fully saturated rings. The van der Waals surface area contributed by atoms with E-state index in [0.717, 1.165) is 11.8 Å². The van der Waals surface area contributed by atoms with Crippen LogP contribution in [0.25, 0.3) is 0 Å². The average Bonchev–Trinajstić information content (AvgIpc) is 2.48. The maximum absolute atomic E-state index is 3.51. The summed E-state index contributed by atoms with van der Waals surface area (Å²) in [5.41, 5.74) is 7.20. The molecular weight excluding hydrogens is 120 g/mol. The minimum atomic E-state index is 0.759. The van der Waals surface area contributed by atoms with Crippen molar-refractivity contribution in [2.24, 2.45) is 11.8 Å². The highest BCUT2D eigenvalue weighted by Gasteiger charge is 2.38. The van der Waals surface area contributed by atoms with Gasteiger partial charge in [-0.15, -0.1) is 0 Å². The fourth-order valence-electron chi connectivity index (χ4n) is 1.49. The monoisotopic (exact) mass is 134 g/mol. The van der Waals surface area contributed by atoms with Gasteiger partial charge >= 0.3 is 0 Å². The van der Waals surface area contributed by atoms with Gasteiger partial charge in [0.1, 0.15) is 0 Å². The summed E-state index contributed by atoms with van der Waals surface area (Å²) in [5, 5.41) is 0. The highest BCUT2D eigenvalue weighted by molar-refractivity contribution is 5.27. The molecule has 2 unspecified atom stereocenters. The predicted molar refractivity (Wildman–Crippen MR) is 43.7 cm³/mol. The van der Waals surface area contributed by atoms with Crippen LogP contribution in [-0.4, -0.2) is 0 Å². The number of allylic oxidation sites excluding steroid dienone is 1. The fourth-order valence-corrected chi connectivity index (χ4v) is 1.49. The minimum absolute atomic E-state index is 0.759. The Balaban J connectivity index is 2.57. The van der Waals surface area contributed by atoms with Gasteiger partial charge in [0.25, 0.3) is 0 Å². The lowest BCUT2D eigenvalue weighted by molar-refractivity contribution is 0.664. The molecule has 1 aliphatic carbocycles. The molecule has 0 heterocycles. The molecule has 0 aromatic heterocycles. The van der Waals surface area contributed by atoms with Crippen LogP contribution >= 0.6 is 0 Å². The fraction of sp³-hybridized carbons (Fsp3) is 0.600. The molecule has 2 atom stereocenters. The predicted octanol–water partition coefficient (Wildman–Crippen LogP) is 2.92. The lowest BCUT2D eigenvalue weighted by Crippen LogP contribution is -1.74. The molecule has 10 heavy (non-hydrogen) atoms. The van der Waals surface area contributed by atoms with Gasteiger partial charge in [0.15, 0.2) is 0 Å². The highest BCUT2D eigenvalue weighted by atomic mass is 14.4. The zero-order valence-corrected chi connectivity index (χ0v) is 6.78. The first-order valence-corrected chi connectivity index (χ1v) is 3.96. The summed E-state index contributed by atoms with van der Waals surface area (Å²) in [4.78, 5) is 0. The number of hydrogen-bond donors (Lipinski definition) is 0. The standard InChI is InChI=1S/C10H14/c1-4-6-9-8(3)10(9)7-5-2/h8,10H,1,5,7H2,2-3H3. The molecule has 0 amide bonds. The molecular formula is C10H14. The summed E-state index contributed by atoms with van der Waals surface area (Å²) in [6.45, 7) is 7.99. The Morgan fingerprint density at radius 2 is 2.30 bits per heavy atom. The van der Waals surface area contributed by atoms with Gasteiger partial charge in [0.2, 0.25) is 0 Å². The molecule has 1 rings (SSSR count). The number of hydrogen-bond acceptors (Lipinski definition) is 0. The summed E-state index contributed by atoms with van der Waals surface area (Å²) in [7, 11) is 0. The molecule has 0 N–H and O–H groups in total. The van der Waals surface area contributed by atoms with Gasteiger partial charge < -0.3 is 0 Å². The maximum Gasteiger partial charge on any atom is -0.00484 e. The smallest absolute Gasteiger partial charge is 0.00484 e. The van der Waals surface area contributed by atoms with E-state index in [0.29, 0.717) is 0 Å². The second-order valence-corrected chi connectivity index (χ2v) is 2.94. The largest absolute Gasteiger partial charge is 0.0782 e. The normalized spacial score (nSPS) is 29.2. The molecule has 0 heteroatoms. The third kappa shape index (κ3) is 1.24. The SMILES string of the molecule is C=C=C=C1C(C)C1CCC. The number of rotatable bonds is 2. The van der Waals surface area contributed by atoms with Crippen molar-refractivity contribution in [3.63, 3.8) is 0 Å². The second kappa shape index (κ2) is 2.92. The molecule has 0 aromatic carbocycles. The highest BCUT2D eigenvalue weighted by Crippen LogP contribution is 2.47. The van der Waals surface area contributed by atoms with Crippen LogP contribution in [-0.2, 0) is 0 Å². The summed E-state index contributed by atoms with van der Waals surface area (Å²) in [5.74, 6) is 1.56. The molecule has 0 aliphatic heterocycles. The quantitative estimate of drug-likeness (QED) is 0.509. The Morgan fingerprint density at radius 3 is 2.80 bits per heavy atom. The van der Waals surface area contributed by atoms with Crippen LogP contribution in [0.2, 0.25) is 0 Å². The van der Waals surface area contributed by atoms with E-state index in [4.69, 9.17) is 0 Å². The maximum atomic E-state index is 3.51. The lowest BCUT2D eigenvalue weighted by atomic mass is 10.2. The van der Waals surface area contributed by atoms with Gasteiger partial charge in [-0.1, -0.05) is 31.7 Å². The topological polar surface area (TPSA) is 0 Å². The van der Waals surface area contributed by atoms with Crippen molar-refractivity contribution in [1.82, 2.24) is 0 Å². The average molecular weight is 134 g/mol. The zero-order chi connectivity index (χ0) is 7.56. The molecule has 54 valence electrons. The first kappa shape index (κ1) is 7.41. The van der Waals surface area contributed by atoms with E-state index in [2.05, 4.69) is 31.9 Å². The third-order valence-electron chi connectivity index (χ3n) is 2.22. The van der Waals surface area contributed by atoms with Gasteiger partial charge in [0, 0.05) is 0 Å². The third-order valence-corrected chi connectivity index (χ3v) is 2.22. The van der Waals surface area contributed by atoms with Gasteiger partial charge in [-0.3, -0.25) is 0 Å². The first-order valence-electron chi connectivity index (χ1n) is 3.96. The summed E-state index contributed by atoms with van der Waals surface area (Å²) < 4.78 is 0. The molecule has 0 spiro atoms. The van der Waals surface area contributed by atoms with Crippen molar-refractivity contribution in [2.45, 2.75) is 26.7 Å². The molecule has 0 radical (unpaired) electrons. The van der Waals surface area contributed by atoms with E-state index in [9.17, 15) is 0 Å². The lowest BCUT2D eigenvalue weighted by Gasteiger charge is -1.85. The Kier molecular flexibility index (Phi) is 2.17. The van der Waals surface area contributed by atoms with Gasteiger partial charge in [0.05, 0.1) is 0 Å². The van der Waals surface area contributed by atoms with E-state index in [1.165, 1.54) is 18.4 Å². The van der Waals surface area contributed by atoms with Crippen LogP contribution in [0, 0.1) is 11.8 Å². The van der Waals surface area contributed by atoms with Crippen LogP contribution in [0.3, 0.4) is 0 Å². The van der Waals surface area contributed by atoms with Crippen LogP contribution in [0.4, 0.5) is 0 Å². The van der Waals surface area contributed by atoms with E-state index in [1.54, 1.807) is 0 Å². The second-order valence-electron chi connectivity index (χ2n) is 2.94. The summed E-state index contributed by atoms with van der Waals surface area (Å²) in [6, 6.07) is 0. The molecule has 1 saturated carbocycles. The zero-order valence-electron chi connectivity index (χ0n) is 6.78. The van der Waals surface area contributed by atoms with Crippen LogP contribution < -0.4 is 0 Å². The van der Waals surface area contributed by atoms with Crippen LogP contribution in [0.1, 0.15) is 26.7 Å². The van der Waals surface area contributed by atoms with E-state index >= 15 is 0 Å².